The number of aliphatic carboxylic acids is 3. The number of ether oxygens (including phenoxy) is 1. The zero-order chi connectivity index (χ0) is 30.6. The maximum absolute atomic E-state index is 12.6. The van der Waals surface area contributed by atoms with Crippen molar-refractivity contribution < 1.29 is 61.6 Å². The van der Waals surface area contributed by atoms with Crippen LogP contribution >= 0.6 is 0 Å². The number of halogens is 3. The van der Waals surface area contributed by atoms with Gasteiger partial charge in [-0.25, -0.2) is 14.4 Å². The molecule has 13 nitrogen and oxygen atoms in total. The van der Waals surface area contributed by atoms with Crippen molar-refractivity contribution in [3.8, 4) is 5.75 Å². The number of alkyl halides is 3. The van der Waals surface area contributed by atoms with Gasteiger partial charge in [-0.1, -0.05) is 13.3 Å². The van der Waals surface area contributed by atoms with E-state index in [2.05, 4.69) is 5.32 Å². The standard InChI is InChI=1S/C22H25N3O8.C2HF3O2/c1-2-3-13(20(28)25-16(21(29)30)11-18(26)27)10-15-8-9-17(32-15)22(31)33-14-6-4-12(5-7-14)19(23)24;3-2(4,5)1(6)7/h4-9,13,16H,2-3,10-11H2,1H3,(H3,23,24)(H,25,28)(H,26,27)(H,29,30);(H,6,7)/t13?,16-;/m1./s1. The van der Waals surface area contributed by atoms with Crippen LogP contribution < -0.4 is 15.8 Å². The third-order valence-electron chi connectivity index (χ3n) is 4.93. The molecule has 1 amide bonds. The Kier molecular flexibility index (Phi) is 12.3. The second-order valence-corrected chi connectivity index (χ2v) is 8.08. The van der Waals surface area contributed by atoms with E-state index < -0.39 is 54.3 Å². The number of hydrogen-bond donors (Lipinski definition) is 6. The number of nitrogens with two attached hydrogens (primary N) is 1. The Morgan fingerprint density at radius 1 is 1.05 bits per heavy atom. The highest BCUT2D eigenvalue weighted by Gasteiger charge is 2.38. The summed E-state index contributed by atoms with van der Waals surface area (Å²) in [6, 6.07) is 7.38. The zero-order valence-electron chi connectivity index (χ0n) is 20.9. The molecule has 1 unspecified atom stereocenters. The van der Waals surface area contributed by atoms with Gasteiger partial charge in [-0.05, 0) is 42.8 Å². The summed E-state index contributed by atoms with van der Waals surface area (Å²) < 4.78 is 42.5. The summed E-state index contributed by atoms with van der Waals surface area (Å²) in [5.41, 5.74) is 5.86. The molecule has 218 valence electrons. The smallest absolute Gasteiger partial charge is 0.481 e. The van der Waals surface area contributed by atoms with Crippen molar-refractivity contribution >= 4 is 35.6 Å². The molecule has 0 fully saturated rings. The second-order valence-electron chi connectivity index (χ2n) is 8.08. The van der Waals surface area contributed by atoms with Gasteiger partial charge in [0.1, 0.15) is 23.4 Å². The van der Waals surface area contributed by atoms with Crippen LogP contribution in [-0.2, 0) is 25.6 Å². The number of amides is 1. The van der Waals surface area contributed by atoms with E-state index in [0.717, 1.165) is 0 Å². The van der Waals surface area contributed by atoms with Crippen molar-refractivity contribution in [2.45, 2.75) is 44.8 Å². The summed E-state index contributed by atoms with van der Waals surface area (Å²) in [5, 5.41) is 34.7. The molecule has 0 aliphatic carbocycles. The number of carboxylic acid groups (broad SMARTS) is 3. The minimum Gasteiger partial charge on any atom is -0.481 e. The molecule has 7 N–H and O–H groups in total. The molecule has 1 heterocycles. The first-order valence-corrected chi connectivity index (χ1v) is 11.4. The number of furan rings is 1. The van der Waals surface area contributed by atoms with Crippen molar-refractivity contribution in [1.82, 2.24) is 5.32 Å². The number of nitrogen functional groups attached to an aromatic ring is 1. The van der Waals surface area contributed by atoms with Crippen LogP contribution in [0.25, 0.3) is 0 Å². The lowest BCUT2D eigenvalue weighted by atomic mass is 9.97. The molecule has 1 aromatic heterocycles. The molecule has 2 atom stereocenters. The van der Waals surface area contributed by atoms with Crippen LogP contribution in [0.4, 0.5) is 13.2 Å². The summed E-state index contributed by atoms with van der Waals surface area (Å²) in [6.45, 7) is 1.84. The van der Waals surface area contributed by atoms with E-state index in [0.29, 0.717) is 24.2 Å². The Hall–Kier alpha value is -4.89. The number of rotatable bonds is 12. The monoisotopic (exact) mass is 573 g/mol. The molecule has 0 spiro atoms. The lowest BCUT2D eigenvalue weighted by Gasteiger charge is -2.18. The highest BCUT2D eigenvalue weighted by Crippen LogP contribution is 2.20. The summed E-state index contributed by atoms with van der Waals surface area (Å²) in [4.78, 5) is 55.9. The quantitative estimate of drug-likeness (QED) is 0.0934. The third-order valence-corrected chi connectivity index (χ3v) is 4.93. The lowest BCUT2D eigenvalue weighted by molar-refractivity contribution is -0.192. The number of esters is 1. The fourth-order valence-electron chi connectivity index (χ4n) is 3.04. The minimum atomic E-state index is -5.08. The van der Waals surface area contributed by atoms with E-state index >= 15 is 0 Å². The van der Waals surface area contributed by atoms with E-state index in [-0.39, 0.29) is 23.8 Å². The van der Waals surface area contributed by atoms with E-state index in [1.54, 1.807) is 0 Å². The number of amidine groups is 1. The van der Waals surface area contributed by atoms with Crippen molar-refractivity contribution in [1.29, 1.82) is 5.41 Å². The molecule has 40 heavy (non-hydrogen) atoms. The Bertz CT molecular complexity index is 1230. The number of nitrogens with one attached hydrogen (secondary N) is 2. The summed E-state index contributed by atoms with van der Waals surface area (Å²) in [7, 11) is 0. The zero-order valence-corrected chi connectivity index (χ0v) is 20.9. The van der Waals surface area contributed by atoms with Gasteiger partial charge >= 0.3 is 30.1 Å². The molecular weight excluding hydrogens is 547 g/mol. The first-order valence-electron chi connectivity index (χ1n) is 11.4. The molecule has 0 aliphatic rings. The average molecular weight is 573 g/mol. The van der Waals surface area contributed by atoms with Gasteiger partial charge in [0.2, 0.25) is 11.7 Å². The van der Waals surface area contributed by atoms with E-state index in [9.17, 15) is 32.3 Å². The number of hydrogen-bond acceptors (Lipinski definition) is 8. The largest absolute Gasteiger partial charge is 0.490 e. The van der Waals surface area contributed by atoms with Crippen LogP contribution in [0, 0.1) is 11.3 Å². The van der Waals surface area contributed by atoms with E-state index in [1.807, 2.05) is 6.92 Å². The summed E-state index contributed by atoms with van der Waals surface area (Å²) >= 11 is 0. The Labute approximate surface area is 224 Å². The van der Waals surface area contributed by atoms with Gasteiger partial charge in [0.15, 0.2) is 0 Å². The van der Waals surface area contributed by atoms with E-state index in [1.165, 1.54) is 36.4 Å². The molecule has 2 rings (SSSR count). The summed E-state index contributed by atoms with van der Waals surface area (Å²) in [5.74, 6) is -7.28. The van der Waals surface area contributed by atoms with Gasteiger partial charge in [0.05, 0.1) is 6.42 Å². The second kappa shape index (κ2) is 14.9. The number of carbonyl (C=O) groups excluding carboxylic acids is 2. The Morgan fingerprint density at radius 2 is 1.62 bits per heavy atom. The molecule has 0 saturated carbocycles. The number of carboxylic acids is 3. The maximum atomic E-state index is 12.6. The first-order chi connectivity index (χ1) is 18.5. The SMILES string of the molecule is CCCC(Cc1ccc(C(=O)Oc2ccc(C(=N)N)cc2)o1)C(=O)N[C@H](CC(=O)O)C(=O)O.O=C(O)C(F)(F)F. The van der Waals surface area contributed by atoms with Crippen LogP contribution in [0.5, 0.6) is 5.75 Å². The van der Waals surface area contributed by atoms with Crippen LogP contribution in [0.2, 0.25) is 0 Å². The molecule has 1 aromatic carbocycles. The maximum Gasteiger partial charge on any atom is 0.490 e. The number of carbonyl (C=O) groups is 5. The van der Waals surface area contributed by atoms with Crippen LogP contribution in [0.15, 0.2) is 40.8 Å². The van der Waals surface area contributed by atoms with Crippen molar-refractivity contribution in [3.05, 3.63) is 53.5 Å². The molecule has 16 heteroatoms. The third kappa shape index (κ3) is 11.2. The van der Waals surface area contributed by atoms with Crippen LogP contribution in [0.1, 0.15) is 48.1 Å². The topological polar surface area (TPSA) is 230 Å². The predicted octanol–water partition coefficient (Wildman–Crippen LogP) is 2.42. The molecule has 2 aromatic rings. The Balaban J connectivity index is 0.00000101. The van der Waals surface area contributed by atoms with Gasteiger partial charge in [-0.15, -0.1) is 0 Å². The van der Waals surface area contributed by atoms with Crippen molar-refractivity contribution in [2.75, 3.05) is 0 Å². The predicted molar refractivity (Wildman–Crippen MR) is 129 cm³/mol. The number of benzene rings is 1. The molecule has 0 bridgehead atoms. The highest BCUT2D eigenvalue weighted by atomic mass is 19.4. The van der Waals surface area contributed by atoms with Gasteiger partial charge in [-0.3, -0.25) is 15.0 Å². The molecule has 0 aliphatic heterocycles. The van der Waals surface area contributed by atoms with Gasteiger partial charge < -0.3 is 35.5 Å². The minimum absolute atomic E-state index is 0.0830. The van der Waals surface area contributed by atoms with Crippen molar-refractivity contribution in [2.24, 2.45) is 11.7 Å². The normalized spacial score (nSPS) is 12.2. The molecule has 0 saturated heterocycles. The lowest BCUT2D eigenvalue weighted by Crippen LogP contribution is -2.45. The summed E-state index contributed by atoms with van der Waals surface area (Å²) in [6.07, 6.45) is -4.74. The van der Waals surface area contributed by atoms with Crippen LogP contribution in [-0.4, -0.2) is 63.2 Å². The highest BCUT2D eigenvalue weighted by molar-refractivity contribution is 5.95. The van der Waals surface area contributed by atoms with Crippen LogP contribution in [0.3, 0.4) is 0 Å². The first kappa shape index (κ1) is 33.1. The Morgan fingerprint density at radius 3 is 2.08 bits per heavy atom. The van der Waals surface area contributed by atoms with Crippen molar-refractivity contribution in [3.63, 3.8) is 0 Å². The fraction of sp³-hybridized carbons (Fsp3) is 0.333. The average Bonchev–Trinajstić information content (AvgIpc) is 3.32. The molecular formula is C24H26F3N3O10. The molecule has 0 radical (unpaired) electrons. The van der Waals surface area contributed by atoms with Gasteiger partial charge in [0, 0.05) is 17.9 Å². The van der Waals surface area contributed by atoms with Gasteiger partial charge in [0.25, 0.3) is 0 Å². The van der Waals surface area contributed by atoms with Gasteiger partial charge in [-0.2, -0.15) is 13.2 Å². The fourth-order valence-corrected chi connectivity index (χ4v) is 3.04. The van der Waals surface area contributed by atoms with E-state index in [4.69, 9.17) is 40.4 Å².